The largest absolute Gasteiger partial charge is 0.382 e. The number of nitrogens with one attached hydrogen (secondary N) is 3. The molecule has 2 aromatic carbocycles. The van der Waals surface area contributed by atoms with E-state index in [2.05, 4.69) is 43.9 Å². The van der Waals surface area contributed by atoms with Crippen molar-refractivity contribution >= 4 is 69.1 Å². The fraction of sp³-hybridized carbons (Fsp3) is 0.375. The number of fused-ring (bicyclic) bond motifs is 1. The maximum atomic E-state index is 12.5. The van der Waals surface area contributed by atoms with Gasteiger partial charge in [0.25, 0.3) is 0 Å². The van der Waals surface area contributed by atoms with E-state index in [9.17, 15) is 14.4 Å². The van der Waals surface area contributed by atoms with Crippen LogP contribution in [0, 0.1) is 5.92 Å². The summed E-state index contributed by atoms with van der Waals surface area (Å²) in [4.78, 5) is 49.0. The second-order valence-electron chi connectivity index (χ2n) is 11.8. The Balaban J connectivity index is 1.13. The first-order valence-electron chi connectivity index (χ1n) is 15.0. The maximum absolute atomic E-state index is 12.5. The number of aromatic nitrogens is 4. The van der Waals surface area contributed by atoms with Crippen LogP contribution in [0.1, 0.15) is 44.7 Å². The van der Waals surface area contributed by atoms with Crippen molar-refractivity contribution in [2.45, 2.75) is 45.1 Å². The minimum atomic E-state index is -0.432. The highest BCUT2D eigenvalue weighted by molar-refractivity contribution is 6.32. The van der Waals surface area contributed by atoms with E-state index in [-0.39, 0.29) is 29.7 Å². The van der Waals surface area contributed by atoms with Gasteiger partial charge in [0, 0.05) is 69.0 Å². The number of imide groups is 1. The number of piperidine rings is 2. The van der Waals surface area contributed by atoms with Gasteiger partial charge in [0.05, 0.1) is 23.3 Å². The zero-order chi connectivity index (χ0) is 31.8. The van der Waals surface area contributed by atoms with E-state index < -0.39 is 5.92 Å². The Morgan fingerprint density at radius 3 is 2.71 bits per heavy atom. The molecular formula is C32H36ClN9O3. The SMILES string of the molecule is CC(=O)N(C)c1cccc(Nc2nc(N3CC[C@@H](Nc4ccc5c(C6CCC(=O)NC6=O)nn(C)c5c4)[C@H](C)C3)ncc2Cl)c1. The summed E-state index contributed by atoms with van der Waals surface area (Å²) in [6.45, 7) is 5.24. The van der Waals surface area contributed by atoms with Crippen molar-refractivity contribution in [3.05, 3.63) is 59.4 Å². The van der Waals surface area contributed by atoms with Crippen LogP contribution in [-0.4, -0.2) is 63.6 Å². The Labute approximate surface area is 266 Å². The second kappa shape index (κ2) is 12.4. The van der Waals surface area contributed by atoms with Crippen LogP contribution in [0.3, 0.4) is 0 Å². The number of amides is 3. The van der Waals surface area contributed by atoms with Crippen LogP contribution in [0.4, 0.5) is 28.8 Å². The number of benzene rings is 2. The Morgan fingerprint density at radius 2 is 1.96 bits per heavy atom. The molecule has 2 aromatic heterocycles. The van der Waals surface area contributed by atoms with Crippen molar-refractivity contribution in [3.63, 3.8) is 0 Å². The summed E-state index contributed by atoms with van der Waals surface area (Å²) >= 11 is 6.47. The lowest BCUT2D eigenvalue weighted by atomic mass is 9.92. The zero-order valence-corrected chi connectivity index (χ0v) is 26.4. The van der Waals surface area contributed by atoms with E-state index in [4.69, 9.17) is 16.6 Å². The van der Waals surface area contributed by atoms with Gasteiger partial charge in [-0.05, 0) is 55.2 Å². The first-order valence-corrected chi connectivity index (χ1v) is 15.4. The van der Waals surface area contributed by atoms with Crippen molar-refractivity contribution in [2.24, 2.45) is 13.0 Å². The van der Waals surface area contributed by atoms with Gasteiger partial charge >= 0.3 is 0 Å². The Hall–Kier alpha value is -4.71. The van der Waals surface area contributed by atoms with E-state index in [1.165, 1.54) is 6.92 Å². The Morgan fingerprint density at radius 1 is 1.13 bits per heavy atom. The summed E-state index contributed by atoms with van der Waals surface area (Å²) in [7, 11) is 3.60. The number of aryl methyl sites for hydroxylation is 1. The van der Waals surface area contributed by atoms with Gasteiger partial charge in [-0.25, -0.2) is 4.98 Å². The summed E-state index contributed by atoms with van der Waals surface area (Å²) in [5.74, 6) is 0.378. The molecule has 0 saturated carbocycles. The van der Waals surface area contributed by atoms with Gasteiger partial charge in [0.15, 0.2) is 5.82 Å². The monoisotopic (exact) mass is 629 g/mol. The van der Waals surface area contributed by atoms with Crippen LogP contribution in [0.2, 0.25) is 5.02 Å². The van der Waals surface area contributed by atoms with Crippen molar-refractivity contribution in [1.29, 1.82) is 0 Å². The van der Waals surface area contributed by atoms with Crippen molar-refractivity contribution < 1.29 is 14.4 Å². The number of halogens is 1. The maximum Gasteiger partial charge on any atom is 0.235 e. The zero-order valence-electron chi connectivity index (χ0n) is 25.7. The normalized spacial score (nSPS) is 20.2. The Bertz CT molecular complexity index is 1790. The molecule has 0 aliphatic carbocycles. The molecule has 2 saturated heterocycles. The molecule has 4 aromatic rings. The molecule has 0 radical (unpaired) electrons. The van der Waals surface area contributed by atoms with Crippen LogP contribution in [0.25, 0.3) is 10.9 Å². The number of carbonyl (C=O) groups excluding carboxylic acids is 3. The van der Waals surface area contributed by atoms with Crippen molar-refractivity contribution in [2.75, 3.05) is 40.6 Å². The molecule has 13 heteroatoms. The number of hydrogen-bond acceptors (Lipinski definition) is 9. The first-order chi connectivity index (χ1) is 21.6. The van der Waals surface area contributed by atoms with Gasteiger partial charge in [-0.2, -0.15) is 10.1 Å². The molecule has 12 nitrogen and oxygen atoms in total. The van der Waals surface area contributed by atoms with Crippen LogP contribution >= 0.6 is 11.6 Å². The highest BCUT2D eigenvalue weighted by Gasteiger charge is 2.32. The molecule has 0 bridgehead atoms. The molecule has 1 unspecified atom stereocenters. The average molecular weight is 630 g/mol. The van der Waals surface area contributed by atoms with Crippen molar-refractivity contribution in [3.8, 4) is 0 Å². The van der Waals surface area contributed by atoms with Gasteiger partial charge in [0.1, 0.15) is 5.02 Å². The molecule has 4 heterocycles. The molecule has 3 N–H and O–H groups in total. The van der Waals surface area contributed by atoms with Gasteiger partial charge in [-0.15, -0.1) is 0 Å². The summed E-state index contributed by atoms with van der Waals surface area (Å²) < 4.78 is 1.80. The minimum absolute atomic E-state index is 0.0574. The van der Waals surface area contributed by atoms with E-state index in [0.29, 0.717) is 35.3 Å². The number of carbonyl (C=O) groups is 3. The fourth-order valence-electron chi connectivity index (χ4n) is 6.05. The standard InChI is InChI=1S/C32H36ClN9O3/c1-18-17-42(32-34-16-25(33)30(38-32)36-20-6-5-7-22(14-20)40(3)19(2)43)13-12-26(18)35-21-8-9-23-27(15-21)41(4)39-29(23)24-10-11-28(44)37-31(24)45/h5-9,14-16,18,24,26,35H,10-13,17H2,1-4H3,(H,34,36,38)(H,37,44,45)/t18-,24?,26-/m1/s1. The fourth-order valence-corrected chi connectivity index (χ4v) is 6.19. The van der Waals surface area contributed by atoms with E-state index in [1.54, 1.807) is 22.8 Å². The second-order valence-corrected chi connectivity index (χ2v) is 12.2. The lowest BCUT2D eigenvalue weighted by Gasteiger charge is -2.37. The van der Waals surface area contributed by atoms with Crippen LogP contribution in [0.5, 0.6) is 0 Å². The lowest BCUT2D eigenvalue weighted by molar-refractivity contribution is -0.134. The average Bonchev–Trinajstić information content (AvgIpc) is 3.34. The molecule has 3 amide bonds. The predicted molar refractivity (Wildman–Crippen MR) is 175 cm³/mol. The van der Waals surface area contributed by atoms with Crippen LogP contribution in [-0.2, 0) is 21.4 Å². The summed E-state index contributed by atoms with van der Waals surface area (Å²) in [5.41, 5.74) is 4.14. The van der Waals surface area contributed by atoms with E-state index >= 15 is 0 Å². The summed E-state index contributed by atoms with van der Waals surface area (Å²) in [6, 6.07) is 13.8. The predicted octanol–water partition coefficient (Wildman–Crippen LogP) is 4.59. The summed E-state index contributed by atoms with van der Waals surface area (Å²) in [6.07, 6.45) is 3.27. The molecule has 234 valence electrons. The quantitative estimate of drug-likeness (QED) is 0.251. The summed E-state index contributed by atoms with van der Waals surface area (Å²) in [5, 5.41) is 15.4. The number of rotatable bonds is 7. The smallest absolute Gasteiger partial charge is 0.235 e. The molecule has 2 aliphatic heterocycles. The minimum Gasteiger partial charge on any atom is -0.382 e. The third-order valence-electron chi connectivity index (χ3n) is 8.69. The molecule has 3 atom stereocenters. The lowest BCUT2D eigenvalue weighted by Crippen LogP contribution is -2.46. The molecule has 2 aliphatic rings. The van der Waals surface area contributed by atoms with E-state index in [0.717, 1.165) is 47.5 Å². The van der Waals surface area contributed by atoms with Crippen LogP contribution in [0.15, 0.2) is 48.7 Å². The molecule has 0 spiro atoms. The number of anilines is 5. The van der Waals surface area contributed by atoms with Gasteiger partial charge in [-0.3, -0.25) is 24.4 Å². The molecule has 45 heavy (non-hydrogen) atoms. The number of nitrogens with zero attached hydrogens (tertiary/aromatic N) is 6. The van der Waals surface area contributed by atoms with Crippen molar-refractivity contribution in [1.82, 2.24) is 25.1 Å². The third-order valence-corrected chi connectivity index (χ3v) is 8.97. The highest BCUT2D eigenvalue weighted by Crippen LogP contribution is 2.33. The molecule has 2 fully saturated rings. The molecular weight excluding hydrogens is 594 g/mol. The Kier molecular flexibility index (Phi) is 8.32. The first kappa shape index (κ1) is 30.3. The van der Waals surface area contributed by atoms with Gasteiger partial charge in [-0.1, -0.05) is 24.6 Å². The number of hydrogen-bond donors (Lipinski definition) is 3. The topological polar surface area (TPSA) is 137 Å². The van der Waals surface area contributed by atoms with Gasteiger partial charge < -0.3 is 20.4 Å². The van der Waals surface area contributed by atoms with Gasteiger partial charge in [0.2, 0.25) is 23.7 Å². The van der Waals surface area contributed by atoms with E-state index in [1.807, 2.05) is 43.4 Å². The molecule has 6 rings (SSSR count). The third kappa shape index (κ3) is 6.28. The van der Waals surface area contributed by atoms with Crippen LogP contribution < -0.4 is 25.8 Å². The highest BCUT2D eigenvalue weighted by atomic mass is 35.5.